The van der Waals surface area contributed by atoms with Crippen molar-refractivity contribution in [2.24, 2.45) is 0 Å². The molecule has 1 aromatic carbocycles. The topological polar surface area (TPSA) is 38.9 Å². The third-order valence-corrected chi connectivity index (χ3v) is 3.44. The summed E-state index contributed by atoms with van der Waals surface area (Å²) in [7, 11) is 0. The number of hydrogen-bond acceptors (Lipinski definition) is 4. The average molecular weight is 232 g/mol. The fourth-order valence-electron chi connectivity index (χ4n) is 1.20. The highest BCUT2D eigenvalue weighted by molar-refractivity contribution is 7.98. The second-order valence-corrected chi connectivity index (χ2v) is 4.45. The maximum Gasteiger partial charge on any atom is 0.181 e. The van der Waals surface area contributed by atoms with Crippen LogP contribution in [0.4, 0.5) is 13.9 Å². The Morgan fingerprint density at radius 1 is 1.43 bits per heavy atom. The highest BCUT2D eigenvalue weighted by atomic mass is 32.2. The first-order valence-corrected chi connectivity index (χ1v) is 5.75. The molecule has 2 N–H and O–H groups in total. The first kappa shape index (κ1) is 9.67. The molecule has 0 aliphatic carbocycles. The summed E-state index contributed by atoms with van der Waals surface area (Å²) in [4.78, 5) is 4.24. The fraction of sp³-hybridized carbons (Fsp3) is 0.125. The third kappa shape index (κ3) is 1.34. The van der Waals surface area contributed by atoms with Gasteiger partial charge in [-0.05, 0) is 6.26 Å². The predicted octanol–water partition coefficient (Wildman–Crippen LogP) is 2.88. The zero-order valence-corrected chi connectivity index (χ0v) is 8.81. The molecule has 0 saturated heterocycles. The van der Waals surface area contributed by atoms with E-state index in [4.69, 9.17) is 5.73 Å². The van der Waals surface area contributed by atoms with E-state index in [1.54, 1.807) is 6.26 Å². The Kier molecular flexibility index (Phi) is 2.32. The summed E-state index contributed by atoms with van der Waals surface area (Å²) in [5.41, 5.74) is 5.76. The number of hydrogen-bond donors (Lipinski definition) is 1. The molecule has 0 atom stereocenters. The quantitative estimate of drug-likeness (QED) is 0.768. The van der Waals surface area contributed by atoms with Crippen LogP contribution in [0.1, 0.15) is 0 Å². The number of rotatable bonds is 1. The predicted molar refractivity (Wildman–Crippen MR) is 55.7 cm³/mol. The molecule has 0 aliphatic heterocycles. The Morgan fingerprint density at radius 3 is 2.79 bits per heavy atom. The number of nitrogen functional groups attached to an aromatic ring is 1. The molecule has 1 aromatic heterocycles. The van der Waals surface area contributed by atoms with Gasteiger partial charge in [-0.3, -0.25) is 0 Å². The van der Waals surface area contributed by atoms with Gasteiger partial charge in [0.15, 0.2) is 5.13 Å². The maximum atomic E-state index is 13.3. The van der Waals surface area contributed by atoms with Crippen LogP contribution in [-0.2, 0) is 0 Å². The van der Waals surface area contributed by atoms with E-state index in [1.165, 1.54) is 11.8 Å². The largest absolute Gasteiger partial charge is 0.375 e. The number of halogens is 2. The standard InChI is InChI=1S/C8H6F2N2S2/c1-13-6-3(9)2-4(10)7-5(6)12-8(11)14-7/h2H,1H3,(H2,11,12). The van der Waals surface area contributed by atoms with Crippen LogP contribution in [0, 0.1) is 11.6 Å². The van der Waals surface area contributed by atoms with E-state index in [-0.39, 0.29) is 5.13 Å². The van der Waals surface area contributed by atoms with Crippen molar-refractivity contribution in [1.82, 2.24) is 4.98 Å². The number of fused-ring (bicyclic) bond motifs is 1. The van der Waals surface area contributed by atoms with E-state index >= 15 is 0 Å². The first-order valence-electron chi connectivity index (χ1n) is 3.71. The lowest BCUT2D eigenvalue weighted by Crippen LogP contribution is -1.87. The second-order valence-electron chi connectivity index (χ2n) is 2.60. The van der Waals surface area contributed by atoms with Crippen LogP contribution in [-0.4, -0.2) is 11.2 Å². The van der Waals surface area contributed by atoms with E-state index < -0.39 is 11.6 Å². The molecule has 0 amide bonds. The number of thiazole rings is 1. The Labute approximate surface area is 87.1 Å². The highest BCUT2D eigenvalue weighted by Crippen LogP contribution is 2.34. The Bertz CT molecular complexity index is 496. The molecule has 6 heteroatoms. The van der Waals surface area contributed by atoms with Crippen LogP contribution in [0.2, 0.25) is 0 Å². The zero-order chi connectivity index (χ0) is 10.3. The van der Waals surface area contributed by atoms with Crippen molar-refractivity contribution in [1.29, 1.82) is 0 Å². The summed E-state index contributed by atoms with van der Waals surface area (Å²) >= 11 is 2.22. The molecule has 0 saturated carbocycles. The SMILES string of the molecule is CSc1c(F)cc(F)c2sc(N)nc12. The van der Waals surface area contributed by atoms with Gasteiger partial charge in [-0.15, -0.1) is 11.8 Å². The van der Waals surface area contributed by atoms with Gasteiger partial charge in [0.2, 0.25) is 0 Å². The van der Waals surface area contributed by atoms with Gasteiger partial charge >= 0.3 is 0 Å². The molecule has 0 radical (unpaired) electrons. The summed E-state index contributed by atoms with van der Waals surface area (Å²) in [6.07, 6.45) is 1.71. The van der Waals surface area contributed by atoms with Crippen LogP contribution in [0.3, 0.4) is 0 Å². The smallest absolute Gasteiger partial charge is 0.181 e. The number of aromatic nitrogens is 1. The molecule has 74 valence electrons. The highest BCUT2D eigenvalue weighted by Gasteiger charge is 2.15. The van der Waals surface area contributed by atoms with Crippen molar-refractivity contribution >= 4 is 38.4 Å². The number of nitrogens with two attached hydrogens (primary N) is 1. The van der Waals surface area contributed by atoms with Gasteiger partial charge in [0, 0.05) is 6.07 Å². The molecule has 0 bridgehead atoms. The number of nitrogens with zero attached hydrogens (tertiary/aromatic N) is 1. The maximum absolute atomic E-state index is 13.3. The Hall–Kier alpha value is -0.880. The van der Waals surface area contributed by atoms with E-state index in [1.807, 2.05) is 0 Å². The van der Waals surface area contributed by atoms with E-state index in [0.717, 1.165) is 17.4 Å². The molecular weight excluding hydrogens is 226 g/mol. The first-order chi connectivity index (χ1) is 6.63. The van der Waals surface area contributed by atoms with Gasteiger partial charge in [-0.1, -0.05) is 11.3 Å². The summed E-state index contributed by atoms with van der Waals surface area (Å²) in [5.74, 6) is -1.20. The van der Waals surface area contributed by atoms with Crippen molar-refractivity contribution < 1.29 is 8.78 Å². The van der Waals surface area contributed by atoms with Gasteiger partial charge in [0.25, 0.3) is 0 Å². The minimum Gasteiger partial charge on any atom is -0.375 e. The molecule has 0 aliphatic rings. The van der Waals surface area contributed by atoms with Crippen molar-refractivity contribution in [3.8, 4) is 0 Å². The van der Waals surface area contributed by atoms with Crippen molar-refractivity contribution in [3.63, 3.8) is 0 Å². The molecule has 2 nitrogen and oxygen atoms in total. The van der Waals surface area contributed by atoms with Gasteiger partial charge < -0.3 is 5.73 Å². The summed E-state index contributed by atoms with van der Waals surface area (Å²) in [6.45, 7) is 0. The fourth-order valence-corrected chi connectivity index (χ4v) is 2.61. The normalized spacial score (nSPS) is 11.1. The van der Waals surface area contributed by atoms with Gasteiger partial charge in [0.1, 0.15) is 17.2 Å². The van der Waals surface area contributed by atoms with Gasteiger partial charge in [0.05, 0.1) is 9.60 Å². The molecule has 0 fully saturated rings. The van der Waals surface area contributed by atoms with E-state index in [0.29, 0.717) is 15.1 Å². The zero-order valence-electron chi connectivity index (χ0n) is 7.17. The van der Waals surface area contributed by atoms with E-state index in [2.05, 4.69) is 4.98 Å². The number of anilines is 1. The molecule has 2 rings (SSSR count). The molecular formula is C8H6F2N2S2. The third-order valence-electron chi connectivity index (χ3n) is 1.75. The lowest BCUT2D eigenvalue weighted by molar-refractivity contribution is 0.575. The van der Waals surface area contributed by atoms with Crippen LogP contribution in [0.5, 0.6) is 0 Å². The van der Waals surface area contributed by atoms with Crippen molar-refractivity contribution in [2.75, 3.05) is 12.0 Å². The molecule has 14 heavy (non-hydrogen) atoms. The number of thioether (sulfide) groups is 1. The van der Waals surface area contributed by atoms with Crippen LogP contribution in [0.25, 0.3) is 10.2 Å². The van der Waals surface area contributed by atoms with Gasteiger partial charge in [-0.2, -0.15) is 0 Å². The Balaban J connectivity index is 2.89. The van der Waals surface area contributed by atoms with Crippen LogP contribution in [0.15, 0.2) is 11.0 Å². The molecule has 0 unspecified atom stereocenters. The van der Waals surface area contributed by atoms with E-state index in [9.17, 15) is 8.78 Å². The minimum absolute atomic E-state index is 0.250. The molecule has 1 heterocycles. The lowest BCUT2D eigenvalue weighted by atomic mass is 10.3. The summed E-state index contributed by atoms with van der Waals surface area (Å²) in [6, 6.07) is 0.867. The lowest BCUT2D eigenvalue weighted by Gasteiger charge is -2.00. The van der Waals surface area contributed by atoms with Crippen molar-refractivity contribution in [2.45, 2.75) is 4.90 Å². The molecule has 0 spiro atoms. The van der Waals surface area contributed by atoms with Crippen molar-refractivity contribution in [3.05, 3.63) is 17.7 Å². The van der Waals surface area contributed by atoms with Crippen LogP contribution >= 0.6 is 23.1 Å². The number of benzene rings is 1. The summed E-state index contributed by atoms with van der Waals surface area (Å²) < 4.78 is 26.8. The second kappa shape index (κ2) is 3.36. The van der Waals surface area contributed by atoms with Gasteiger partial charge in [-0.25, -0.2) is 13.8 Å². The average Bonchev–Trinajstić information content (AvgIpc) is 2.48. The Morgan fingerprint density at radius 2 is 2.14 bits per heavy atom. The minimum atomic E-state index is -0.607. The van der Waals surface area contributed by atoms with Crippen LogP contribution < -0.4 is 5.73 Å². The monoisotopic (exact) mass is 232 g/mol. The molecule has 2 aromatic rings. The summed E-state index contributed by atoms with van der Waals surface area (Å²) in [5, 5.41) is 0.250.